The molecule has 0 saturated carbocycles. The van der Waals surface area contributed by atoms with E-state index in [9.17, 15) is 4.79 Å². The summed E-state index contributed by atoms with van der Waals surface area (Å²) in [6.07, 6.45) is 2.34. The molecule has 2 aliphatic heterocycles. The van der Waals surface area contributed by atoms with Crippen LogP contribution in [0.15, 0.2) is 60.7 Å². The quantitative estimate of drug-likeness (QED) is 0.291. The van der Waals surface area contributed by atoms with E-state index in [2.05, 4.69) is 84.7 Å². The Hall–Kier alpha value is -2.98. The van der Waals surface area contributed by atoms with E-state index in [1.54, 1.807) is 0 Å². The average Bonchev–Trinajstić information content (AvgIpc) is 2.86. The van der Waals surface area contributed by atoms with Crippen LogP contribution in [0, 0.1) is 13.8 Å². The number of ether oxygens (including phenoxy) is 1. The molecular formula is C30H33ClN2O2. The van der Waals surface area contributed by atoms with Gasteiger partial charge in [0, 0.05) is 42.2 Å². The zero-order chi connectivity index (χ0) is 24.4. The summed E-state index contributed by atoms with van der Waals surface area (Å²) in [6.45, 7) is 6.67. The number of hydrogen-bond acceptors (Lipinski definition) is 3. The minimum atomic E-state index is -0.426. The number of aryl methyl sites for hydroxylation is 2. The number of nitrogens with zero attached hydrogens (tertiary/aromatic N) is 1. The van der Waals surface area contributed by atoms with Crippen molar-refractivity contribution in [3.63, 3.8) is 0 Å². The average molecular weight is 489 g/mol. The van der Waals surface area contributed by atoms with Crippen LogP contribution < -0.4 is 10.2 Å². The van der Waals surface area contributed by atoms with Gasteiger partial charge in [-0.05, 0) is 67.5 Å². The summed E-state index contributed by atoms with van der Waals surface area (Å²) in [5, 5.41) is 3.00. The minimum Gasteiger partial charge on any atom is -0.449 e. The predicted octanol–water partition coefficient (Wildman–Crippen LogP) is 7.36. The molecule has 5 heteroatoms. The number of rotatable bonds is 6. The van der Waals surface area contributed by atoms with Crippen LogP contribution in [0.3, 0.4) is 0 Å². The molecule has 0 aliphatic carbocycles. The fraction of sp³-hybridized carbons (Fsp3) is 0.367. The molecule has 2 heterocycles. The summed E-state index contributed by atoms with van der Waals surface area (Å²) >= 11 is 5.74. The third-order valence-electron chi connectivity index (χ3n) is 7.33. The third-order valence-corrected chi connectivity index (χ3v) is 7.60. The van der Waals surface area contributed by atoms with Crippen molar-refractivity contribution in [3.05, 3.63) is 94.0 Å². The Morgan fingerprint density at radius 3 is 1.91 bits per heavy atom. The van der Waals surface area contributed by atoms with Gasteiger partial charge in [0.15, 0.2) is 0 Å². The lowest BCUT2D eigenvalue weighted by Crippen LogP contribution is -2.37. The first kappa shape index (κ1) is 23.7. The van der Waals surface area contributed by atoms with Crippen LogP contribution in [0.5, 0.6) is 0 Å². The Balaban J connectivity index is 1.58. The predicted molar refractivity (Wildman–Crippen MR) is 144 cm³/mol. The molecule has 1 amide bonds. The molecule has 5 rings (SSSR count). The van der Waals surface area contributed by atoms with Crippen molar-refractivity contribution < 1.29 is 9.53 Å². The summed E-state index contributed by atoms with van der Waals surface area (Å²) in [5.74, 6) is 1.07. The molecule has 35 heavy (non-hydrogen) atoms. The molecular weight excluding hydrogens is 456 g/mol. The van der Waals surface area contributed by atoms with Crippen LogP contribution in [0.4, 0.5) is 16.2 Å². The Kier molecular flexibility index (Phi) is 7.01. The molecule has 2 unspecified atom stereocenters. The largest absolute Gasteiger partial charge is 0.449 e. The van der Waals surface area contributed by atoms with Crippen molar-refractivity contribution in [2.24, 2.45) is 0 Å². The SMILES string of the molecule is Cc1ccc(C2CCN3CCC(c4ccc(C)cc4)c4cc(NC(=O)OCCCCl)cc2c43)cc1. The van der Waals surface area contributed by atoms with E-state index in [1.165, 1.54) is 39.1 Å². The number of benzene rings is 3. The second-order valence-corrected chi connectivity index (χ2v) is 10.2. The van der Waals surface area contributed by atoms with E-state index in [-0.39, 0.29) is 0 Å². The van der Waals surface area contributed by atoms with Crippen molar-refractivity contribution in [1.29, 1.82) is 0 Å². The molecule has 0 aromatic heterocycles. The maximum atomic E-state index is 12.5. The van der Waals surface area contributed by atoms with E-state index >= 15 is 0 Å². The molecule has 1 N–H and O–H groups in total. The van der Waals surface area contributed by atoms with E-state index in [4.69, 9.17) is 16.3 Å². The van der Waals surface area contributed by atoms with Gasteiger partial charge >= 0.3 is 6.09 Å². The van der Waals surface area contributed by atoms with Crippen LogP contribution in [0.25, 0.3) is 0 Å². The topological polar surface area (TPSA) is 41.6 Å². The molecule has 2 aliphatic rings. The van der Waals surface area contributed by atoms with Crippen molar-refractivity contribution in [2.75, 3.05) is 35.8 Å². The third kappa shape index (κ3) is 5.04. The lowest BCUT2D eigenvalue weighted by molar-refractivity contribution is 0.162. The number of alkyl halides is 1. The van der Waals surface area contributed by atoms with Crippen molar-refractivity contribution in [2.45, 2.75) is 44.9 Å². The zero-order valence-corrected chi connectivity index (χ0v) is 21.3. The maximum absolute atomic E-state index is 12.5. The van der Waals surface area contributed by atoms with Gasteiger partial charge in [-0.3, -0.25) is 5.32 Å². The molecule has 0 saturated heterocycles. The summed E-state index contributed by atoms with van der Waals surface area (Å²) < 4.78 is 5.34. The van der Waals surface area contributed by atoms with Crippen LogP contribution in [-0.2, 0) is 4.74 Å². The number of halogens is 1. The van der Waals surface area contributed by atoms with Gasteiger partial charge in [0.2, 0.25) is 0 Å². The highest BCUT2D eigenvalue weighted by Gasteiger charge is 2.35. The number of nitrogens with one attached hydrogen (secondary N) is 1. The van der Waals surface area contributed by atoms with Gasteiger partial charge in [-0.1, -0.05) is 59.7 Å². The Morgan fingerprint density at radius 1 is 0.914 bits per heavy atom. The normalized spacial score (nSPS) is 18.7. The molecule has 3 aromatic carbocycles. The standard InChI is InChI=1S/C30H33ClN2O2/c1-20-4-8-22(9-5-20)25-12-15-33-16-13-26(23-10-6-21(2)7-11-23)28-19-24(18-27(25)29(28)33)32-30(34)35-17-3-14-31/h4-11,18-19,25-26H,3,12-17H2,1-2H3,(H,32,34). The maximum Gasteiger partial charge on any atom is 0.411 e. The molecule has 2 atom stereocenters. The molecule has 3 aromatic rings. The Morgan fingerprint density at radius 2 is 1.43 bits per heavy atom. The first-order valence-corrected chi connectivity index (χ1v) is 13.1. The van der Waals surface area contributed by atoms with E-state index in [1.807, 2.05) is 0 Å². The summed E-state index contributed by atoms with van der Waals surface area (Å²) in [7, 11) is 0. The van der Waals surface area contributed by atoms with Gasteiger partial charge in [0.05, 0.1) is 6.61 Å². The van der Waals surface area contributed by atoms with E-state index in [0.29, 0.717) is 30.7 Å². The number of amides is 1. The highest BCUT2D eigenvalue weighted by molar-refractivity contribution is 6.17. The Labute approximate surface area is 213 Å². The van der Waals surface area contributed by atoms with E-state index < -0.39 is 6.09 Å². The van der Waals surface area contributed by atoms with Crippen molar-refractivity contribution in [3.8, 4) is 0 Å². The zero-order valence-electron chi connectivity index (χ0n) is 20.5. The highest BCUT2D eigenvalue weighted by Crippen LogP contribution is 2.49. The summed E-state index contributed by atoms with van der Waals surface area (Å²) in [4.78, 5) is 15.1. The highest BCUT2D eigenvalue weighted by atomic mass is 35.5. The lowest BCUT2D eigenvalue weighted by atomic mass is 9.76. The fourth-order valence-corrected chi connectivity index (χ4v) is 5.64. The monoisotopic (exact) mass is 488 g/mol. The van der Waals surface area contributed by atoms with Gasteiger partial charge in [-0.25, -0.2) is 4.79 Å². The smallest absolute Gasteiger partial charge is 0.411 e. The van der Waals surface area contributed by atoms with Crippen LogP contribution in [-0.4, -0.2) is 31.7 Å². The molecule has 182 valence electrons. The second-order valence-electron chi connectivity index (χ2n) is 9.80. The second kappa shape index (κ2) is 10.3. The Bertz CT molecular complexity index is 1110. The first-order chi connectivity index (χ1) is 17.0. The number of anilines is 2. The molecule has 0 spiro atoms. The molecule has 4 nitrogen and oxygen atoms in total. The van der Waals surface area contributed by atoms with Crippen LogP contribution in [0.2, 0.25) is 0 Å². The first-order valence-electron chi connectivity index (χ1n) is 12.6. The van der Waals surface area contributed by atoms with E-state index in [0.717, 1.165) is 31.6 Å². The van der Waals surface area contributed by atoms with Crippen LogP contribution in [0.1, 0.15) is 64.5 Å². The number of hydrogen-bond donors (Lipinski definition) is 1. The van der Waals surface area contributed by atoms with Crippen molar-refractivity contribution in [1.82, 2.24) is 0 Å². The lowest BCUT2D eigenvalue weighted by Gasteiger charge is -2.43. The summed E-state index contributed by atoms with van der Waals surface area (Å²) in [6, 6.07) is 22.1. The van der Waals surface area contributed by atoms with Gasteiger partial charge in [0.25, 0.3) is 0 Å². The van der Waals surface area contributed by atoms with Gasteiger partial charge in [0.1, 0.15) is 0 Å². The molecule has 0 bridgehead atoms. The van der Waals surface area contributed by atoms with Crippen molar-refractivity contribution >= 4 is 29.1 Å². The summed E-state index contributed by atoms with van der Waals surface area (Å²) in [5.41, 5.74) is 9.93. The van der Waals surface area contributed by atoms with Gasteiger partial charge in [-0.15, -0.1) is 11.6 Å². The van der Waals surface area contributed by atoms with Crippen LogP contribution >= 0.6 is 11.6 Å². The minimum absolute atomic E-state index is 0.298. The molecule has 0 fully saturated rings. The number of carbonyl (C=O) groups is 1. The van der Waals surface area contributed by atoms with Gasteiger partial charge in [-0.2, -0.15) is 0 Å². The number of carbonyl (C=O) groups excluding carboxylic acids is 1. The molecule has 0 radical (unpaired) electrons. The fourth-order valence-electron chi connectivity index (χ4n) is 5.53. The van der Waals surface area contributed by atoms with Gasteiger partial charge < -0.3 is 9.64 Å².